The van der Waals surface area contributed by atoms with Crippen LogP contribution in [0.3, 0.4) is 0 Å². The van der Waals surface area contributed by atoms with Crippen molar-refractivity contribution in [3.63, 3.8) is 0 Å². The van der Waals surface area contributed by atoms with Crippen molar-refractivity contribution < 1.29 is 17.9 Å². The van der Waals surface area contributed by atoms with Gasteiger partial charge in [0.2, 0.25) is 10.0 Å². The van der Waals surface area contributed by atoms with Crippen molar-refractivity contribution >= 4 is 10.0 Å². The van der Waals surface area contributed by atoms with E-state index < -0.39 is 10.0 Å². The fourth-order valence-corrected chi connectivity index (χ4v) is 3.76. The smallest absolute Gasteiger partial charge is 0.252 e. The fraction of sp³-hybridized carbons (Fsp3) is 0.400. The summed E-state index contributed by atoms with van der Waals surface area (Å²) in [6.45, 7) is 2.31. The Balaban J connectivity index is 1.57. The van der Waals surface area contributed by atoms with Crippen molar-refractivity contribution in [2.24, 2.45) is 0 Å². The Labute approximate surface area is 145 Å². The predicted octanol–water partition coefficient (Wildman–Crippen LogP) is 0.250. The minimum atomic E-state index is -3.50. The molecule has 0 spiro atoms. The maximum atomic E-state index is 12.5. The fourth-order valence-electron chi connectivity index (χ4n) is 2.35. The number of nitriles is 1. The van der Waals surface area contributed by atoms with E-state index >= 15 is 0 Å². The minimum absolute atomic E-state index is 0.109. The summed E-state index contributed by atoms with van der Waals surface area (Å²) in [5.41, 5.74) is 0. The molecule has 2 heterocycles. The van der Waals surface area contributed by atoms with Crippen molar-refractivity contribution in [2.45, 2.75) is 11.4 Å². The van der Waals surface area contributed by atoms with Gasteiger partial charge in [0.15, 0.2) is 0 Å². The Morgan fingerprint density at radius 1 is 1.24 bits per heavy atom. The van der Waals surface area contributed by atoms with E-state index in [1.165, 1.54) is 27.4 Å². The van der Waals surface area contributed by atoms with Gasteiger partial charge in [0.05, 0.1) is 24.7 Å². The van der Waals surface area contributed by atoms with Crippen LogP contribution < -0.4 is 4.74 Å². The van der Waals surface area contributed by atoms with Crippen LogP contribution in [0.15, 0.2) is 35.5 Å². The number of aromatic nitrogens is 3. The molecule has 0 unspecified atom stereocenters. The molecule has 25 heavy (non-hydrogen) atoms. The number of hydrogen-bond donors (Lipinski definition) is 0. The third kappa shape index (κ3) is 4.14. The largest absolute Gasteiger partial charge is 0.492 e. The highest BCUT2D eigenvalue weighted by atomic mass is 32.2. The van der Waals surface area contributed by atoms with Gasteiger partial charge < -0.3 is 9.47 Å². The Hall–Kier alpha value is -2.48. The van der Waals surface area contributed by atoms with Gasteiger partial charge in [-0.2, -0.15) is 9.57 Å². The molecule has 0 saturated carbocycles. The predicted molar refractivity (Wildman–Crippen MR) is 86.3 cm³/mol. The van der Waals surface area contributed by atoms with Gasteiger partial charge >= 0.3 is 0 Å². The number of ether oxygens (including phenoxy) is 2. The number of benzene rings is 1. The van der Waals surface area contributed by atoms with Crippen LogP contribution in [0, 0.1) is 11.3 Å². The molecule has 0 bridgehead atoms. The van der Waals surface area contributed by atoms with E-state index in [-0.39, 0.29) is 10.7 Å². The molecule has 1 aliphatic rings. The Kier molecular flexibility index (Phi) is 5.28. The number of sulfonamides is 1. The van der Waals surface area contributed by atoms with E-state index in [4.69, 9.17) is 14.7 Å². The Morgan fingerprint density at radius 2 is 1.96 bits per heavy atom. The zero-order chi connectivity index (χ0) is 17.7. The maximum absolute atomic E-state index is 12.5. The first kappa shape index (κ1) is 17.3. The zero-order valence-corrected chi connectivity index (χ0v) is 14.2. The second-order valence-corrected chi connectivity index (χ2v) is 7.22. The molecular weight excluding hydrogens is 346 g/mol. The minimum Gasteiger partial charge on any atom is -0.492 e. The van der Waals surface area contributed by atoms with Gasteiger partial charge in [0.1, 0.15) is 24.8 Å². The van der Waals surface area contributed by atoms with Gasteiger partial charge in [-0.25, -0.2) is 18.1 Å². The van der Waals surface area contributed by atoms with Crippen LogP contribution in [-0.2, 0) is 21.3 Å². The van der Waals surface area contributed by atoms with Gasteiger partial charge in [0.25, 0.3) is 5.82 Å². The van der Waals surface area contributed by atoms with E-state index in [1.807, 2.05) is 6.07 Å². The van der Waals surface area contributed by atoms with Crippen molar-refractivity contribution in [1.82, 2.24) is 19.1 Å². The molecule has 1 fully saturated rings. The molecule has 3 rings (SSSR count). The van der Waals surface area contributed by atoms with E-state index in [2.05, 4.69) is 10.1 Å². The molecule has 132 valence electrons. The molecule has 1 aromatic carbocycles. The summed E-state index contributed by atoms with van der Waals surface area (Å²) in [7, 11) is -3.50. The summed E-state index contributed by atoms with van der Waals surface area (Å²) in [6.07, 6.45) is 1.46. The van der Waals surface area contributed by atoms with E-state index in [1.54, 1.807) is 12.1 Å². The molecule has 0 N–H and O–H groups in total. The molecule has 0 aliphatic carbocycles. The van der Waals surface area contributed by atoms with Crippen LogP contribution in [0.4, 0.5) is 0 Å². The molecule has 0 radical (unpaired) electrons. The topological polar surface area (TPSA) is 110 Å². The number of nitrogens with zero attached hydrogens (tertiary/aromatic N) is 5. The van der Waals surface area contributed by atoms with E-state index in [0.29, 0.717) is 45.2 Å². The van der Waals surface area contributed by atoms with Crippen LogP contribution in [0.5, 0.6) is 5.75 Å². The molecule has 10 heteroatoms. The molecule has 9 nitrogen and oxygen atoms in total. The molecule has 1 aromatic heterocycles. The summed E-state index contributed by atoms with van der Waals surface area (Å²) < 4.78 is 38.7. The lowest BCUT2D eigenvalue weighted by Gasteiger charge is -2.26. The third-order valence-electron chi connectivity index (χ3n) is 3.66. The van der Waals surface area contributed by atoms with Gasteiger partial charge in [-0.1, -0.05) is 0 Å². The highest BCUT2D eigenvalue weighted by molar-refractivity contribution is 7.89. The van der Waals surface area contributed by atoms with Gasteiger partial charge in [-0.15, -0.1) is 5.10 Å². The normalized spacial score (nSPS) is 15.6. The summed E-state index contributed by atoms with van der Waals surface area (Å²) in [5.74, 6) is 0.666. The molecule has 0 amide bonds. The van der Waals surface area contributed by atoms with Gasteiger partial charge in [-0.3, -0.25) is 0 Å². The second-order valence-electron chi connectivity index (χ2n) is 5.28. The van der Waals surface area contributed by atoms with Gasteiger partial charge in [0, 0.05) is 13.1 Å². The lowest BCUT2D eigenvalue weighted by Crippen LogP contribution is -2.40. The number of morpholine rings is 1. The first-order valence-electron chi connectivity index (χ1n) is 7.70. The number of hydrogen-bond acceptors (Lipinski definition) is 7. The summed E-state index contributed by atoms with van der Waals surface area (Å²) in [5, 5.41) is 12.6. The van der Waals surface area contributed by atoms with Crippen LogP contribution in [0.2, 0.25) is 0 Å². The number of rotatable bonds is 6. The van der Waals surface area contributed by atoms with Crippen LogP contribution in [0.1, 0.15) is 5.82 Å². The van der Waals surface area contributed by atoms with Crippen molar-refractivity contribution in [1.29, 1.82) is 5.26 Å². The lowest BCUT2D eigenvalue weighted by atomic mass is 10.3. The van der Waals surface area contributed by atoms with Crippen molar-refractivity contribution in [2.75, 3.05) is 32.9 Å². The molecule has 1 saturated heterocycles. The van der Waals surface area contributed by atoms with E-state index in [0.717, 1.165) is 0 Å². The van der Waals surface area contributed by atoms with E-state index in [9.17, 15) is 8.42 Å². The standard InChI is InChI=1S/C15H17N5O4S/c16-11-15-17-12-19(18-15)5-10-24-13-1-3-14(4-2-13)25(21,22)20-6-8-23-9-7-20/h1-4,12H,5-10H2. The lowest BCUT2D eigenvalue weighted by molar-refractivity contribution is 0.0730. The SMILES string of the molecule is N#Cc1ncn(CCOc2ccc(S(=O)(=O)N3CCOCC3)cc2)n1. The van der Waals surface area contributed by atoms with Crippen LogP contribution in [-0.4, -0.2) is 60.4 Å². The van der Waals surface area contributed by atoms with Gasteiger partial charge in [-0.05, 0) is 24.3 Å². The third-order valence-corrected chi connectivity index (χ3v) is 5.57. The van der Waals surface area contributed by atoms with Crippen molar-refractivity contribution in [3.8, 4) is 11.8 Å². The first-order valence-corrected chi connectivity index (χ1v) is 9.14. The maximum Gasteiger partial charge on any atom is 0.252 e. The highest BCUT2D eigenvalue weighted by Crippen LogP contribution is 2.20. The summed E-state index contributed by atoms with van der Waals surface area (Å²) in [6, 6.07) is 8.15. The Morgan fingerprint density at radius 3 is 2.60 bits per heavy atom. The first-order chi connectivity index (χ1) is 12.1. The molecule has 1 aliphatic heterocycles. The monoisotopic (exact) mass is 363 g/mol. The average Bonchev–Trinajstić information content (AvgIpc) is 3.11. The average molecular weight is 363 g/mol. The quantitative estimate of drug-likeness (QED) is 0.723. The Bertz CT molecular complexity index is 851. The summed E-state index contributed by atoms with van der Waals surface area (Å²) >= 11 is 0. The molecular formula is C15H17N5O4S. The second kappa shape index (κ2) is 7.60. The molecule has 0 atom stereocenters. The highest BCUT2D eigenvalue weighted by Gasteiger charge is 2.26. The summed E-state index contributed by atoms with van der Waals surface area (Å²) in [4.78, 5) is 4.03. The van der Waals surface area contributed by atoms with Crippen molar-refractivity contribution in [3.05, 3.63) is 36.4 Å². The van der Waals surface area contributed by atoms with Crippen LogP contribution >= 0.6 is 0 Å². The molecule has 2 aromatic rings. The van der Waals surface area contributed by atoms with Crippen LogP contribution in [0.25, 0.3) is 0 Å². The zero-order valence-electron chi connectivity index (χ0n) is 13.4.